The van der Waals surface area contributed by atoms with Gasteiger partial charge >= 0.3 is 0 Å². The van der Waals surface area contributed by atoms with Crippen LogP contribution in [0.1, 0.15) is 33.6 Å². The molecule has 2 nitrogen and oxygen atoms in total. The van der Waals surface area contributed by atoms with Crippen molar-refractivity contribution in [3.05, 3.63) is 0 Å². The van der Waals surface area contributed by atoms with Crippen LogP contribution in [0.4, 0.5) is 0 Å². The number of aliphatic hydroxyl groups excluding tert-OH is 1. The van der Waals surface area contributed by atoms with Crippen LogP contribution in [0.3, 0.4) is 0 Å². The van der Waals surface area contributed by atoms with Gasteiger partial charge in [-0.3, -0.25) is 0 Å². The first-order chi connectivity index (χ1) is 5.55. The zero-order valence-corrected chi connectivity index (χ0v) is 8.43. The Labute approximate surface area is 75.4 Å². The highest BCUT2D eigenvalue weighted by atomic mass is 16.3. The van der Waals surface area contributed by atoms with Crippen molar-refractivity contribution in [3.8, 4) is 0 Å². The Kier molecular flexibility index (Phi) is 3.13. The molecule has 0 aromatic rings. The summed E-state index contributed by atoms with van der Waals surface area (Å²) >= 11 is 0. The summed E-state index contributed by atoms with van der Waals surface area (Å²) in [5, 5.41) is 12.7. The average Bonchev–Trinajstić information content (AvgIpc) is 2.03. The number of rotatable bonds is 1. The normalized spacial score (nSPS) is 32.0. The smallest absolute Gasteiger partial charge is 0.0474 e. The minimum atomic E-state index is 0.272. The van der Waals surface area contributed by atoms with Crippen LogP contribution < -0.4 is 5.32 Å². The van der Waals surface area contributed by atoms with Crippen LogP contribution in [0.25, 0.3) is 0 Å². The Bertz CT molecular complexity index is 139. The van der Waals surface area contributed by atoms with Gasteiger partial charge in [0.05, 0.1) is 0 Å². The third-order valence-corrected chi connectivity index (χ3v) is 2.75. The van der Waals surface area contributed by atoms with Crippen molar-refractivity contribution in [2.75, 3.05) is 13.2 Å². The largest absolute Gasteiger partial charge is 0.396 e. The standard InChI is InChI=1S/C10H21NO/c1-10(2,3)9-8(7-12)5-4-6-11-9/h8-9,11-12H,4-7H2,1-3H3. The van der Waals surface area contributed by atoms with Crippen molar-refractivity contribution < 1.29 is 5.11 Å². The van der Waals surface area contributed by atoms with Crippen molar-refractivity contribution in [2.24, 2.45) is 11.3 Å². The minimum Gasteiger partial charge on any atom is -0.396 e. The number of hydrogen-bond donors (Lipinski definition) is 2. The summed E-state index contributed by atoms with van der Waals surface area (Å²) in [6.45, 7) is 8.14. The Balaban J connectivity index is 2.59. The van der Waals surface area contributed by atoms with E-state index in [0.29, 0.717) is 18.6 Å². The van der Waals surface area contributed by atoms with E-state index in [-0.39, 0.29) is 5.41 Å². The van der Waals surface area contributed by atoms with Crippen molar-refractivity contribution in [2.45, 2.75) is 39.7 Å². The van der Waals surface area contributed by atoms with Crippen LogP contribution in [0.15, 0.2) is 0 Å². The van der Waals surface area contributed by atoms with E-state index in [1.54, 1.807) is 0 Å². The second-order valence-corrected chi connectivity index (χ2v) is 4.88. The number of nitrogens with one attached hydrogen (secondary N) is 1. The van der Waals surface area contributed by atoms with Crippen LogP contribution in [0.5, 0.6) is 0 Å². The molecular formula is C10H21NO. The van der Waals surface area contributed by atoms with Gasteiger partial charge in [-0.2, -0.15) is 0 Å². The van der Waals surface area contributed by atoms with Gasteiger partial charge in [0.15, 0.2) is 0 Å². The molecule has 1 saturated heterocycles. The first-order valence-corrected chi connectivity index (χ1v) is 4.90. The van der Waals surface area contributed by atoms with E-state index in [4.69, 9.17) is 0 Å². The third-order valence-electron chi connectivity index (χ3n) is 2.75. The Morgan fingerprint density at radius 3 is 2.50 bits per heavy atom. The molecule has 0 aromatic heterocycles. The SMILES string of the molecule is CC(C)(C)C1NCCCC1CO. The molecule has 0 aromatic carbocycles. The molecule has 0 amide bonds. The molecule has 0 saturated carbocycles. The Morgan fingerprint density at radius 1 is 1.42 bits per heavy atom. The fourth-order valence-electron chi connectivity index (χ4n) is 2.17. The second-order valence-electron chi connectivity index (χ2n) is 4.88. The van der Waals surface area contributed by atoms with Crippen LogP contribution in [-0.2, 0) is 0 Å². The summed E-state index contributed by atoms with van der Waals surface area (Å²) in [5.41, 5.74) is 0.272. The molecule has 2 atom stereocenters. The van der Waals surface area contributed by atoms with Gasteiger partial charge in [-0.1, -0.05) is 20.8 Å². The maximum Gasteiger partial charge on any atom is 0.0474 e. The van der Waals surface area contributed by atoms with E-state index >= 15 is 0 Å². The molecule has 2 N–H and O–H groups in total. The molecule has 12 heavy (non-hydrogen) atoms. The molecule has 1 rings (SSSR count). The monoisotopic (exact) mass is 171 g/mol. The van der Waals surface area contributed by atoms with Crippen LogP contribution in [0.2, 0.25) is 0 Å². The third kappa shape index (κ3) is 2.20. The molecule has 0 aliphatic carbocycles. The zero-order valence-electron chi connectivity index (χ0n) is 8.43. The van der Waals surface area contributed by atoms with Gasteiger partial charge in [0.2, 0.25) is 0 Å². The zero-order chi connectivity index (χ0) is 9.19. The molecular weight excluding hydrogens is 150 g/mol. The number of hydrogen-bond acceptors (Lipinski definition) is 2. The maximum absolute atomic E-state index is 9.18. The molecule has 1 aliphatic heterocycles. The summed E-state index contributed by atoms with van der Waals surface area (Å²) in [7, 11) is 0. The maximum atomic E-state index is 9.18. The lowest BCUT2D eigenvalue weighted by Gasteiger charge is -2.40. The Morgan fingerprint density at radius 2 is 2.08 bits per heavy atom. The van der Waals surface area contributed by atoms with Gasteiger partial charge in [0, 0.05) is 12.6 Å². The fraction of sp³-hybridized carbons (Fsp3) is 1.00. The van der Waals surface area contributed by atoms with E-state index in [2.05, 4.69) is 26.1 Å². The minimum absolute atomic E-state index is 0.272. The first-order valence-electron chi connectivity index (χ1n) is 4.90. The van der Waals surface area contributed by atoms with Crippen molar-refractivity contribution in [3.63, 3.8) is 0 Å². The molecule has 0 bridgehead atoms. The average molecular weight is 171 g/mol. The second kappa shape index (κ2) is 3.75. The summed E-state index contributed by atoms with van der Waals surface area (Å²) in [6, 6.07) is 0.483. The number of piperidine rings is 1. The molecule has 0 spiro atoms. The summed E-state index contributed by atoms with van der Waals surface area (Å²) in [5.74, 6) is 0.457. The molecule has 2 heteroatoms. The van der Waals surface area contributed by atoms with Crippen molar-refractivity contribution in [1.29, 1.82) is 0 Å². The summed E-state index contributed by atoms with van der Waals surface area (Å²) < 4.78 is 0. The molecule has 1 fully saturated rings. The van der Waals surface area contributed by atoms with Gasteiger partial charge in [-0.15, -0.1) is 0 Å². The van der Waals surface area contributed by atoms with Gasteiger partial charge in [-0.05, 0) is 30.7 Å². The van der Waals surface area contributed by atoms with E-state index in [1.165, 1.54) is 12.8 Å². The topological polar surface area (TPSA) is 32.3 Å². The van der Waals surface area contributed by atoms with Crippen LogP contribution >= 0.6 is 0 Å². The van der Waals surface area contributed by atoms with E-state index in [9.17, 15) is 5.11 Å². The lowest BCUT2D eigenvalue weighted by Crippen LogP contribution is -2.50. The quantitative estimate of drug-likeness (QED) is 0.625. The fourth-order valence-corrected chi connectivity index (χ4v) is 2.17. The summed E-state index contributed by atoms with van der Waals surface area (Å²) in [6.07, 6.45) is 2.38. The van der Waals surface area contributed by atoms with E-state index in [1.807, 2.05) is 0 Å². The molecule has 2 unspecified atom stereocenters. The van der Waals surface area contributed by atoms with Crippen molar-refractivity contribution in [1.82, 2.24) is 5.32 Å². The highest BCUT2D eigenvalue weighted by Gasteiger charge is 2.33. The lowest BCUT2D eigenvalue weighted by atomic mass is 9.76. The molecule has 1 aliphatic rings. The van der Waals surface area contributed by atoms with Gasteiger partial charge in [-0.25, -0.2) is 0 Å². The van der Waals surface area contributed by atoms with E-state index < -0.39 is 0 Å². The molecule has 0 radical (unpaired) electrons. The lowest BCUT2D eigenvalue weighted by molar-refractivity contribution is 0.0981. The molecule has 72 valence electrons. The molecule has 1 heterocycles. The van der Waals surface area contributed by atoms with Crippen molar-refractivity contribution >= 4 is 0 Å². The first kappa shape index (κ1) is 10.0. The van der Waals surface area contributed by atoms with Crippen LogP contribution in [-0.4, -0.2) is 24.3 Å². The predicted octanol–water partition coefficient (Wildman–Crippen LogP) is 1.39. The van der Waals surface area contributed by atoms with Gasteiger partial charge in [0.25, 0.3) is 0 Å². The summed E-state index contributed by atoms with van der Waals surface area (Å²) in [4.78, 5) is 0. The van der Waals surface area contributed by atoms with Gasteiger partial charge in [0.1, 0.15) is 0 Å². The Hall–Kier alpha value is -0.0800. The highest BCUT2D eigenvalue weighted by molar-refractivity contribution is 4.89. The number of aliphatic hydroxyl groups is 1. The highest BCUT2D eigenvalue weighted by Crippen LogP contribution is 2.29. The predicted molar refractivity (Wildman–Crippen MR) is 51.1 cm³/mol. The van der Waals surface area contributed by atoms with Crippen LogP contribution in [0, 0.1) is 11.3 Å². The van der Waals surface area contributed by atoms with E-state index in [0.717, 1.165) is 6.54 Å². The van der Waals surface area contributed by atoms with Gasteiger partial charge < -0.3 is 10.4 Å².